The van der Waals surface area contributed by atoms with E-state index < -0.39 is 0 Å². The van der Waals surface area contributed by atoms with Crippen LogP contribution in [0.1, 0.15) is 49.9 Å². The van der Waals surface area contributed by atoms with Gasteiger partial charge < -0.3 is 15.1 Å². The van der Waals surface area contributed by atoms with Gasteiger partial charge in [-0.05, 0) is 50.8 Å². The summed E-state index contributed by atoms with van der Waals surface area (Å²) in [6.07, 6.45) is 3.66. The third-order valence-corrected chi connectivity index (χ3v) is 5.60. The average molecular weight is 386 g/mol. The third-order valence-electron chi connectivity index (χ3n) is 5.60. The van der Waals surface area contributed by atoms with Crippen LogP contribution in [0.25, 0.3) is 0 Å². The van der Waals surface area contributed by atoms with Gasteiger partial charge in [0.15, 0.2) is 0 Å². The number of piperidine rings is 1. The minimum absolute atomic E-state index is 0.0277. The zero-order chi connectivity index (χ0) is 20.4. The van der Waals surface area contributed by atoms with Crippen LogP contribution in [-0.4, -0.2) is 61.9 Å². The van der Waals surface area contributed by atoms with Crippen molar-refractivity contribution in [2.75, 3.05) is 37.0 Å². The summed E-state index contributed by atoms with van der Waals surface area (Å²) in [5.74, 6) is -0.358. The monoisotopic (exact) mass is 386 g/mol. The molecule has 0 bridgehead atoms. The summed E-state index contributed by atoms with van der Waals surface area (Å²) in [5, 5.41) is 2.93. The molecule has 3 rings (SSSR count). The van der Waals surface area contributed by atoms with Crippen LogP contribution in [0.5, 0.6) is 0 Å². The fourth-order valence-electron chi connectivity index (χ4n) is 3.88. The van der Waals surface area contributed by atoms with Crippen LogP contribution in [0.4, 0.5) is 11.4 Å². The molecule has 2 aliphatic rings. The Bertz CT molecular complexity index is 777. The standard InChI is InChI=1S/C21H30N4O3/c1-5-14(2)22-19(26)13-25-18-12-15(20(27)23(3)4)9-10-16(18)24-11-7-6-8-17(24)21(25)28/h9-10,12,14,17H,5-8,11,13H2,1-4H3,(H,22,26). The first-order chi connectivity index (χ1) is 13.3. The van der Waals surface area contributed by atoms with Crippen molar-refractivity contribution in [3.05, 3.63) is 23.8 Å². The molecule has 2 heterocycles. The van der Waals surface area contributed by atoms with E-state index >= 15 is 0 Å². The topological polar surface area (TPSA) is 73.0 Å². The zero-order valence-electron chi connectivity index (χ0n) is 17.2. The number of fused-ring (bicyclic) bond motifs is 3. The second kappa shape index (κ2) is 8.20. The first-order valence-electron chi connectivity index (χ1n) is 10.1. The molecule has 1 fully saturated rings. The van der Waals surface area contributed by atoms with E-state index in [1.165, 1.54) is 4.90 Å². The summed E-state index contributed by atoms with van der Waals surface area (Å²) < 4.78 is 0. The fourth-order valence-corrected chi connectivity index (χ4v) is 3.88. The van der Waals surface area contributed by atoms with Crippen molar-refractivity contribution in [2.24, 2.45) is 0 Å². The summed E-state index contributed by atoms with van der Waals surface area (Å²) in [4.78, 5) is 43.4. The summed E-state index contributed by atoms with van der Waals surface area (Å²) in [5.41, 5.74) is 2.09. The predicted molar refractivity (Wildman–Crippen MR) is 110 cm³/mol. The molecular weight excluding hydrogens is 356 g/mol. The molecule has 152 valence electrons. The van der Waals surface area contributed by atoms with Gasteiger partial charge in [-0.3, -0.25) is 19.3 Å². The van der Waals surface area contributed by atoms with E-state index in [4.69, 9.17) is 0 Å². The van der Waals surface area contributed by atoms with Gasteiger partial charge in [-0.25, -0.2) is 0 Å². The Labute approximate surface area is 166 Å². The molecule has 2 aliphatic heterocycles. The number of rotatable bonds is 5. The average Bonchev–Trinajstić information content (AvgIpc) is 2.69. The van der Waals surface area contributed by atoms with Gasteiger partial charge in [0.05, 0.1) is 11.4 Å². The van der Waals surface area contributed by atoms with Crippen LogP contribution in [0.3, 0.4) is 0 Å². The van der Waals surface area contributed by atoms with Crippen LogP contribution >= 0.6 is 0 Å². The van der Waals surface area contributed by atoms with Gasteiger partial charge in [0.1, 0.15) is 12.6 Å². The molecular formula is C21H30N4O3. The molecule has 1 aromatic carbocycles. The van der Waals surface area contributed by atoms with E-state index in [-0.39, 0.29) is 36.3 Å². The summed E-state index contributed by atoms with van der Waals surface area (Å²) >= 11 is 0. The number of anilines is 2. The van der Waals surface area contributed by atoms with Gasteiger partial charge in [0.2, 0.25) is 11.8 Å². The van der Waals surface area contributed by atoms with Gasteiger partial charge in [-0.1, -0.05) is 6.92 Å². The van der Waals surface area contributed by atoms with Crippen molar-refractivity contribution in [3.8, 4) is 0 Å². The maximum Gasteiger partial charge on any atom is 0.253 e. The molecule has 28 heavy (non-hydrogen) atoms. The molecule has 0 radical (unpaired) electrons. The van der Waals surface area contributed by atoms with Gasteiger partial charge in [-0.2, -0.15) is 0 Å². The largest absolute Gasteiger partial charge is 0.358 e. The molecule has 7 nitrogen and oxygen atoms in total. The molecule has 2 atom stereocenters. The summed E-state index contributed by atoms with van der Waals surface area (Å²) in [6.45, 7) is 4.74. The van der Waals surface area contributed by atoms with Gasteiger partial charge in [0, 0.05) is 32.2 Å². The zero-order valence-corrected chi connectivity index (χ0v) is 17.2. The molecule has 1 N–H and O–H groups in total. The minimum Gasteiger partial charge on any atom is -0.358 e. The predicted octanol–water partition coefficient (Wildman–Crippen LogP) is 2.01. The van der Waals surface area contributed by atoms with Crippen molar-refractivity contribution >= 4 is 29.1 Å². The second-order valence-electron chi connectivity index (χ2n) is 7.91. The van der Waals surface area contributed by atoms with Crippen molar-refractivity contribution in [3.63, 3.8) is 0 Å². The van der Waals surface area contributed by atoms with E-state index in [0.717, 1.165) is 37.9 Å². The highest BCUT2D eigenvalue weighted by Crippen LogP contribution is 2.40. The first kappa shape index (κ1) is 20.2. The molecule has 0 saturated carbocycles. The van der Waals surface area contributed by atoms with Crippen molar-refractivity contribution in [1.29, 1.82) is 0 Å². The van der Waals surface area contributed by atoms with Crippen molar-refractivity contribution in [2.45, 2.75) is 51.6 Å². The van der Waals surface area contributed by atoms with Crippen LogP contribution in [-0.2, 0) is 9.59 Å². The summed E-state index contributed by atoms with van der Waals surface area (Å²) in [7, 11) is 3.40. The van der Waals surface area contributed by atoms with Gasteiger partial charge in [0.25, 0.3) is 5.91 Å². The molecule has 2 unspecified atom stereocenters. The van der Waals surface area contributed by atoms with Crippen LogP contribution < -0.4 is 15.1 Å². The Morgan fingerprint density at radius 2 is 2.00 bits per heavy atom. The smallest absolute Gasteiger partial charge is 0.253 e. The molecule has 0 aromatic heterocycles. The number of carbonyl (C=O) groups excluding carboxylic acids is 3. The molecule has 0 spiro atoms. The van der Waals surface area contributed by atoms with Crippen molar-refractivity contribution < 1.29 is 14.4 Å². The second-order valence-corrected chi connectivity index (χ2v) is 7.91. The number of carbonyl (C=O) groups is 3. The van der Waals surface area contributed by atoms with E-state index in [1.807, 2.05) is 19.9 Å². The van der Waals surface area contributed by atoms with E-state index in [9.17, 15) is 14.4 Å². The molecule has 1 aromatic rings. The number of hydrogen-bond donors (Lipinski definition) is 1. The van der Waals surface area contributed by atoms with Crippen LogP contribution in [0.2, 0.25) is 0 Å². The Balaban J connectivity index is 1.98. The molecule has 1 saturated heterocycles. The summed E-state index contributed by atoms with van der Waals surface area (Å²) in [6, 6.07) is 5.29. The number of amides is 3. The van der Waals surface area contributed by atoms with E-state index in [2.05, 4.69) is 10.2 Å². The Hall–Kier alpha value is -2.57. The van der Waals surface area contributed by atoms with Gasteiger partial charge in [-0.15, -0.1) is 0 Å². The highest BCUT2D eigenvalue weighted by atomic mass is 16.2. The Kier molecular flexibility index (Phi) is 5.91. The highest BCUT2D eigenvalue weighted by molar-refractivity contribution is 6.09. The highest BCUT2D eigenvalue weighted by Gasteiger charge is 2.40. The Morgan fingerprint density at radius 3 is 2.68 bits per heavy atom. The van der Waals surface area contributed by atoms with Crippen LogP contribution in [0, 0.1) is 0 Å². The molecule has 3 amide bonds. The number of nitrogens with zero attached hydrogens (tertiary/aromatic N) is 3. The quantitative estimate of drug-likeness (QED) is 0.840. The SMILES string of the molecule is CCC(C)NC(=O)CN1C(=O)C2CCCCN2c2ccc(C(=O)N(C)C)cc21. The molecule has 0 aliphatic carbocycles. The van der Waals surface area contributed by atoms with E-state index in [1.54, 1.807) is 31.1 Å². The normalized spacial score (nSPS) is 19.6. The van der Waals surface area contributed by atoms with Crippen LogP contribution in [0.15, 0.2) is 18.2 Å². The number of nitrogens with one attached hydrogen (secondary N) is 1. The lowest BCUT2D eigenvalue weighted by Crippen LogP contribution is -2.57. The number of benzene rings is 1. The lowest BCUT2D eigenvalue weighted by molar-refractivity contribution is -0.125. The lowest BCUT2D eigenvalue weighted by Gasteiger charge is -2.45. The van der Waals surface area contributed by atoms with Gasteiger partial charge >= 0.3 is 0 Å². The lowest BCUT2D eigenvalue weighted by atomic mass is 9.95. The first-order valence-corrected chi connectivity index (χ1v) is 10.1. The Morgan fingerprint density at radius 1 is 1.25 bits per heavy atom. The maximum absolute atomic E-state index is 13.2. The fraction of sp³-hybridized carbons (Fsp3) is 0.571. The number of hydrogen-bond acceptors (Lipinski definition) is 4. The van der Waals surface area contributed by atoms with E-state index in [0.29, 0.717) is 11.3 Å². The molecule has 7 heteroatoms. The maximum atomic E-state index is 13.2. The minimum atomic E-state index is -0.229. The third kappa shape index (κ3) is 3.84. The van der Waals surface area contributed by atoms with Crippen molar-refractivity contribution in [1.82, 2.24) is 10.2 Å².